The van der Waals surface area contributed by atoms with Crippen molar-refractivity contribution in [1.29, 1.82) is 0 Å². The number of piperidine rings is 1. The van der Waals surface area contributed by atoms with Crippen LogP contribution in [0.5, 0.6) is 0 Å². The van der Waals surface area contributed by atoms with E-state index >= 15 is 0 Å². The first-order valence-electron chi connectivity index (χ1n) is 6.44. The highest BCUT2D eigenvalue weighted by atomic mass is 19.4. The van der Waals surface area contributed by atoms with Crippen LogP contribution < -0.4 is 0 Å². The second-order valence-corrected chi connectivity index (χ2v) is 5.23. The highest BCUT2D eigenvalue weighted by molar-refractivity contribution is 5.77. The summed E-state index contributed by atoms with van der Waals surface area (Å²) in [7, 11) is 0. The summed E-state index contributed by atoms with van der Waals surface area (Å²) in [5.74, 6) is -1.68. The molecule has 2 rings (SSSR count). The second kappa shape index (κ2) is 5.07. The first-order chi connectivity index (χ1) is 8.39. The molecule has 0 bridgehead atoms. The Balaban J connectivity index is 2.16. The lowest BCUT2D eigenvalue weighted by Crippen LogP contribution is -2.54. The molecule has 0 aromatic carbocycles. The minimum absolute atomic E-state index is 0.0515. The summed E-state index contributed by atoms with van der Waals surface area (Å²) in [5.41, 5.74) is 0. The summed E-state index contributed by atoms with van der Waals surface area (Å²) in [6, 6.07) is -0.874. The molecule has 0 spiro atoms. The fourth-order valence-corrected chi connectivity index (χ4v) is 3.03. The summed E-state index contributed by atoms with van der Waals surface area (Å²) < 4.78 is 38.9. The Morgan fingerprint density at radius 2 is 1.94 bits per heavy atom. The van der Waals surface area contributed by atoms with Crippen LogP contribution >= 0.6 is 0 Å². The van der Waals surface area contributed by atoms with Gasteiger partial charge >= 0.3 is 6.18 Å². The number of aliphatic hydroxyl groups is 1. The highest BCUT2D eigenvalue weighted by Gasteiger charge is 2.50. The number of hydrogen-bond donors (Lipinski definition) is 1. The Morgan fingerprint density at radius 3 is 2.56 bits per heavy atom. The van der Waals surface area contributed by atoms with E-state index in [0.29, 0.717) is 13.0 Å². The van der Waals surface area contributed by atoms with Crippen molar-refractivity contribution < 1.29 is 23.1 Å². The normalized spacial score (nSPS) is 34.8. The summed E-state index contributed by atoms with van der Waals surface area (Å²) >= 11 is 0. The number of aliphatic hydroxyl groups excluding tert-OH is 1. The summed E-state index contributed by atoms with van der Waals surface area (Å²) in [5, 5.41) is 9.57. The lowest BCUT2D eigenvalue weighted by atomic mass is 9.80. The number of likely N-dealkylation sites (tertiary alicyclic amines) is 1. The molecule has 18 heavy (non-hydrogen) atoms. The molecule has 0 radical (unpaired) electrons. The van der Waals surface area contributed by atoms with Crippen molar-refractivity contribution in [2.45, 2.75) is 56.8 Å². The number of alkyl halides is 3. The zero-order valence-electron chi connectivity index (χ0n) is 10.1. The quantitative estimate of drug-likeness (QED) is 0.788. The van der Waals surface area contributed by atoms with Crippen LogP contribution in [0.15, 0.2) is 0 Å². The molecule has 1 heterocycles. The monoisotopic (exact) mass is 265 g/mol. The minimum Gasteiger partial charge on any atom is -0.393 e. The van der Waals surface area contributed by atoms with Gasteiger partial charge in [0.15, 0.2) is 0 Å². The lowest BCUT2D eigenvalue weighted by molar-refractivity contribution is -0.206. The molecule has 1 saturated carbocycles. The van der Waals surface area contributed by atoms with Gasteiger partial charge in [0.05, 0.1) is 12.0 Å². The molecular formula is C12H18F3NO2. The Morgan fingerprint density at radius 1 is 1.22 bits per heavy atom. The molecule has 3 unspecified atom stereocenters. The van der Waals surface area contributed by atoms with Crippen LogP contribution in [0, 0.1) is 5.92 Å². The minimum atomic E-state index is -4.29. The van der Waals surface area contributed by atoms with E-state index in [1.165, 1.54) is 4.90 Å². The van der Waals surface area contributed by atoms with Crippen LogP contribution in [0.3, 0.4) is 0 Å². The topological polar surface area (TPSA) is 40.5 Å². The largest absolute Gasteiger partial charge is 0.393 e. The van der Waals surface area contributed by atoms with Gasteiger partial charge < -0.3 is 10.0 Å². The Labute approximate surface area is 104 Å². The van der Waals surface area contributed by atoms with Crippen LogP contribution in [-0.4, -0.2) is 40.8 Å². The molecule has 1 amide bonds. The predicted octanol–water partition coefficient (Wildman–Crippen LogP) is 2.09. The highest BCUT2D eigenvalue weighted by Crippen LogP contribution is 2.40. The Bertz CT molecular complexity index is 319. The molecule has 1 aliphatic heterocycles. The summed E-state index contributed by atoms with van der Waals surface area (Å²) in [6.45, 7) is 0.392. The van der Waals surface area contributed by atoms with Gasteiger partial charge in [0.25, 0.3) is 0 Å². The number of nitrogens with zero attached hydrogens (tertiary/aromatic N) is 1. The van der Waals surface area contributed by atoms with Gasteiger partial charge in [-0.05, 0) is 32.1 Å². The van der Waals surface area contributed by atoms with Crippen LogP contribution in [0.4, 0.5) is 13.2 Å². The zero-order valence-corrected chi connectivity index (χ0v) is 10.1. The maximum Gasteiger partial charge on any atom is 0.393 e. The van der Waals surface area contributed by atoms with Gasteiger partial charge in [0.2, 0.25) is 5.91 Å². The molecule has 0 aromatic heterocycles. The van der Waals surface area contributed by atoms with E-state index in [2.05, 4.69) is 0 Å². The van der Waals surface area contributed by atoms with E-state index in [9.17, 15) is 23.1 Å². The first-order valence-corrected chi connectivity index (χ1v) is 6.44. The van der Waals surface area contributed by atoms with E-state index in [1.807, 2.05) is 0 Å². The van der Waals surface area contributed by atoms with Gasteiger partial charge in [-0.2, -0.15) is 13.2 Å². The third-order valence-corrected chi connectivity index (χ3v) is 3.97. The molecule has 1 N–H and O–H groups in total. The first kappa shape index (κ1) is 13.6. The molecule has 104 valence electrons. The van der Waals surface area contributed by atoms with E-state index < -0.39 is 24.2 Å². The van der Waals surface area contributed by atoms with Gasteiger partial charge in [-0.3, -0.25) is 4.79 Å². The second-order valence-electron chi connectivity index (χ2n) is 5.23. The lowest BCUT2D eigenvalue weighted by Gasteiger charge is -2.43. The van der Waals surface area contributed by atoms with E-state index in [4.69, 9.17) is 0 Å². The molecule has 1 saturated heterocycles. The third kappa shape index (κ3) is 2.79. The van der Waals surface area contributed by atoms with Crippen LogP contribution in [0.25, 0.3) is 0 Å². The average Bonchev–Trinajstić information content (AvgIpc) is 2.27. The number of carbonyl (C=O) groups is 1. The van der Waals surface area contributed by atoms with Crippen molar-refractivity contribution in [3.63, 3.8) is 0 Å². The summed E-state index contributed by atoms with van der Waals surface area (Å²) in [6.07, 6.45) is -3.04. The molecule has 0 aromatic rings. The third-order valence-electron chi connectivity index (χ3n) is 3.97. The van der Waals surface area contributed by atoms with Crippen molar-refractivity contribution in [2.75, 3.05) is 6.54 Å². The number of rotatable bonds is 1. The van der Waals surface area contributed by atoms with Gasteiger partial charge in [0, 0.05) is 19.0 Å². The fourth-order valence-electron chi connectivity index (χ4n) is 3.03. The molecule has 1 aliphatic carbocycles. The van der Waals surface area contributed by atoms with Crippen LogP contribution in [0.1, 0.15) is 38.5 Å². The van der Waals surface area contributed by atoms with Crippen molar-refractivity contribution >= 4 is 5.91 Å². The fraction of sp³-hybridized carbons (Fsp3) is 0.917. The molecule has 6 heteroatoms. The standard InChI is InChI=1S/C12H18F3NO2/c13-12(14,15)9-5-4-8(17)7-10(9)16-6-2-1-3-11(16)18/h8-10,17H,1-7H2. The van der Waals surface area contributed by atoms with Crippen LogP contribution in [-0.2, 0) is 4.79 Å². The van der Waals surface area contributed by atoms with Crippen molar-refractivity contribution in [3.8, 4) is 0 Å². The van der Waals surface area contributed by atoms with E-state index in [0.717, 1.165) is 12.8 Å². The molecule has 3 atom stereocenters. The van der Waals surface area contributed by atoms with Gasteiger partial charge in [-0.1, -0.05) is 0 Å². The maximum atomic E-state index is 13.0. The van der Waals surface area contributed by atoms with Crippen molar-refractivity contribution in [2.24, 2.45) is 5.92 Å². The van der Waals surface area contributed by atoms with Gasteiger partial charge in [-0.25, -0.2) is 0 Å². The van der Waals surface area contributed by atoms with E-state index in [-0.39, 0.29) is 25.2 Å². The van der Waals surface area contributed by atoms with E-state index in [1.54, 1.807) is 0 Å². The van der Waals surface area contributed by atoms with Crippen molar-refractivity contribution in [3.05, 3.63) is 0 Å². The van der Waals surface area contributed by atoms with Gasteiger partial charge in [-0.15, -0.1) is 0 Å². The smallest absolute Gasteiger partial charge is 0.393 e. The molecule has 2 aliphatic rings. The Kier molecular flexibility index (Phi) is 3.84. The molecular weight excluding hydrogens is 247 g/mol. The Hall–Kier alpha value is -0.780. The SMILES string of the molecule is O=C1CCCCN1C1CC(O)CCC1C(F)(F)F. The number of amides is 1. The summed E-state index contributed by atoms with van der Waals surface area (Å²) in [4.78, 5) is 13.1. The number of carbonyl (C=O) groups excluding carboxylic acids is 1. The maximum absolute atomic E-state index is 13.0. The zero-order chi connectivity index (χ0) is 13.3. The molecule has 3 nitrogen and oxygen atoms in total. The molecule has 2 fully saturated rings. The van der Waals surface area contributed by atoms with Crippen LogP contribution in [0.2, 0.25) is 0 Å². The predicted molar refractivity (Wildman–Crippen MR) is 58.8 cm³/mol. The number of halogens is 3. The van der Waals surface area contributed by atoms with Crippen molar-refractivity contribution in [1.82, 2.24) is 4.90 Å². The van der Waals surface area contributed by atoms with Gasteiger partial charge in [0.1, 0.15) is 0 Å². The average molecular weight is 265 g/mol. The number of hydrogen-bond acceptors (Lipinski definition) is 2.